The summed E-state index contributed by atoms with van der Waals surface area (Å²) in [6.07, 6.45) is 5.29. The number of anilines is 1. The van der Waals surface area contributed by atoms with Gasteiger partial charge in [-0.25, -0.2) is 0 Å². The maximum Gasteiger partial charge on any atom is 0.242 e. The zero-order valence-corrected chi connectivity index (χ0v) is 10.3. The lowest BCUT2D eigenvalue weighted by Crippen LogP contribution is -2.39. The number of amides is 1. The van der Waals surface area contributed by atoms with Crippen molar-refractivity contribution in [2.75, 3.05) is 11.9 Å². The first-order valence-corrected chi connectivity index (χ1v) is 6.38. The molecule has 0 aliphatic carbocycles. The van der Waals surface area contributed by atoms with Gasteiger partial charge in [0.2, 0.25) is 5.91 Å². The molecule has 1 amide bonds. The Morgan fingerprint density at radius 2 is 2.41 bits per heavy atom. The fourth-order valence-corrected chi connectivity index (χ4v) is 2.07. The molecule has 1 unspecified atom stereocenters. The van der Waals surface area contributed by atoms with Gasteiger partial charge >= 0.3 is 0 Å². The summed E-state index contributed by atoms with van der Waals surface area (Å²) in [5.41, 5.74) is 1.04. The molecule has 1 saturated heterocycles. The van der Waals surface area contributed by atoms with Crippen LogP contribution in [0.15, 0.2) is 6.07 Å². The Balaban J connectivity index is 1.90. The number of hydrogen-bond donors (Lipinski definition) is 3. The van der Waals surface area contributed by atoms with Gasteiger partial charge < -0.3 is 10.6 Å². The Morgan fingerprint density at radius 1 is 1.53 bits per heavy atom. The molecular formula is C12H20N4O. The van der Waals surface area contributed by atoms with E-state index in [0.29, 0.717) is 5.82 Å². The number of carbonyl (C=O) groups excluding carboxylic acids is 1. The molecular weight excluding hydrogens is 216 g/mol. The van der Waals surface area contributed by atoms with Crippen molar-refractivity contribution in [3.63, 3.8) is 0 Å². The van der Waals surface area contributed by atoms with Gasteiger partial charge in [0.1, 0.15) is 0 Å². The van der Waals surface area contributed by atoms with Gasteiger partial charge in [0.05, 0.1) is 6.04 Å². The molecule has 0 radical (unpaired) electrons. The van der Waals surface area contributed by atoms with E-state index in [0.717, 1.165) is 37.9 Å². The van der Waals surface area contributed by atoms with Crippen LogP contribution in [0.1, 0.15) is 38.3 Å². The van der Waals surface area contributed by atoms with Gasteiger partial charge in [0.15, 0.2) is 5.82 Å². The highest BCUT2D eigenvalue weighted by Crippen LogP contribution is 2.11. The molecule has 5 nitrogen and oxygen atoms in total. The molecule has 0 bridgehead atoms. The van der Waals surface area contributed by atoms with Crippen molar-refractivity contribution < 1.29 is 4.79 Å². The number of H-pyrrole nitrogens is 1. The smallest absolute Gasteiger partial charge is 0.242 e. The number of aryl methyl sites for hydroxylation is 1. The van der Waals surface area contributed by atoms with Crippen LogP contribution in [0, 0.1) is 0 Å². The number of carbonyl (C=O) groups is 1. The molecule has 1 fully saturated rings. The molecule has 17 heavy (non-hydrogen) atoms. The summed E-state index contributed by atoms with van der Waals surface area (Å²) in [4.78, 5) is 12.0. The lowest BCUT2D eigenvalue weighted by Gasteiger charge is -2.14. The highest BCUT2D eigenvalue weighted by Gasteiger charge is 2.19. The average Bonchev–Trinajstić information content (AvgIpc) is 2.62. The largest absolute Gasteiger partial charge is 0.308 e. The molecule has 0 saturated carbocycles. The molecule has 2 heterocycles. The lowest BCUT2D eigenvalue weighted by molar-refractivity contribution is -0.118. The minimum atomic E-state index is -0.0701. The van der Waals surface area contributed by atoms with Gasteiger partial charge in [0, 0.05) is 11.8 Å². The first kappa shape index (κ1) is 12.1. The summed E-state index contributed by atoms with van der Waals surface area (Å²) in [5, 5.41) is 13.1. The molecule has 0 spiro atoms. The van der Waals surface area contributed by atoms with Crippen LogP contribution in [0.4, 0.5) is 5.82 Å². The van der Waals surface area contributed by atoms with E-state index in [2.05, 4.69) is 20.8 Å². The van der Waals surface area contributed by atoms with Gasteiger partial charge in [-0.15, -0.1) is 0 Å². The average molecular weight is 236 g/mol. The number of nitrogens with zero attached hydrogens (tertiary/aromatic N) is 1. The fraction of sp³-hybridized carbons (Fsp3) is 0.667. The predicted octanol–water partition coefficient (Wildman–Crippen LogP) is 1.44. The van der Waals surface area contributed by atoms with Gasteiger partial charge in [-0.3, -0.25) is 9.89 Å². The molecule has 1 aliphatic heterocycles. The summed E-state index contributed by atoms with van der Waals surface area (Å²) >= 11 is 0. The second-order valence-corrected chi connectivity index (χ2v) is 4.48. The third-order valence-corrected chi connectivity index (χ3v) is 3.14. The molecule has 1 aromatic heterocycles. The van der Waals surface area contributed by atoms with Crippen molar-refractivity contribution in [2.24, 2.45) is 0 Å². The topological polar surface area (TPSA) is 69.8 Å². The second kappa shape index (κ2) is 5.82. The summed E-state index contributed by atoms with van der Waals surface area (Å²) in [6, 6.07) is 1.81. The number of aromatic nitrogens is 2. The number of nitrogens with one attached hydrogen (secondary N) is 3. The van der Waals surface area contributed by atoms with Crippen molar-refractivity contribution >= 4 is 11.7 Å². The van der Waals surface area contributed by atoms with Crippen LogP contribution >= 0.6 is 0 Å². The van der Waals surface area contributed by atoms with E-state index in [9.17, 15) is 4.79 Å². The normalized spacial score (nSPS) is 20.9. The molecule has 94 valence electrons. The molecule has 0 aromatic carbocycles. The van der Waals surface area contributed by atoms with E-state index in [4.69, 9.17) is 0 Å². The minimum Gasteiger partial charge on any atom is -0.308 e. The molecule has 1 aliphatic rings. The van der Waals surface area contributed by atoms with E-state index in [1.807, 2.05) is 13.0 Å². The van der Waals surface area contributed by atoms with Crippen LogP contribution in [0.25, 0.3) is 0 Å². The third kappa shape index (κ3) is 3.30. The van der Waals surface area contributed by atoms with Crippen molar-refractivity contribution in [3.05, 3.63) is 11.8 Å². The zero-order chi connectivity index (χ0) is 12.1. The van der Waals surface area contributed by atoms with E-state index >= 15 is 0 Å². The molecule has 1 aromatic rings. The van der Waals surface area contributed by atoms with Crippen LogP contribution in [0.3, 0.4) is 0 Å². The molecule has 2 rings (SSSR count). The number of hydrogen-bond acceptors (Lipinski definition) is 3. The number of rotatable bonds is 3. The maximum absolute atomic E-state index is 12.0. The monoisotopic (exact) mass is 236 g/mol. The van der Waals surface area contributed by atoms with Crippen molar-refractivity contribution in [1.29, 1.82) is 0 Å². The zero-order valence-electron chi connectivity index (χ0n) is 10.3. The Kier molecular flexibility index (Phi) is 4.14. The Labute approximate surface area is 101 Å². The van der Waals surface area contributed by atoms with Gasteiger partial charge in [-0.1, -0.05) is 19.8 Å². The molecule has 1 atom stereocenters. The summed E-state index contributed by atoms with van der Waals surface area (Å²) in [6.45, 7) is 2.98. The van der Waals surface area contributed by atoms with Crippen molar-refractivity contribution in [2.45, 2.75) is 45.1 Å². The van der Waals surface area contributed by atoms with Crippen LogP contribution in [-0.4, -0.2) is 28.7 Å². The number of aromatic amines is 1. The van der Waals surface area contributed by atoms with E-state index in [-0.39, 0.29) is 11.9 Å². The first-order chi connectivity index (χ1) is 8.29. The Hall–Kier alpha value is -1.36. The van der Waals surface area contributed by atoms with Crippen LogP contribution in [-0.2, 0) is 11.2 Å². The van der Waals surface area contributed by atoms with Gasteiger partial charge in [-0.2, -0.15) is 5.10 Å². The van der Waals surface area contributed by atoms with Crippen molar-refractivity contribution in [1.82, 2.24) is 15.5 Å². The van der Waals surface area contributed by atoms with Gasteiger partial charge in [0.25, 0.3) is 0 Å². The van der Waals surface area contributed by atoms with Crippen LogP contribution in [0.5, 0.6) is 0 Å². The lowest BCUT2D eigenvalue weighted by atomic mass is 10.1. The third-order valence-electron chi connectivity index (χ3n) is 3.14. The summed E-state index contributed by atoms with van der Waals surface area (Å²) in [7, 11) is 0. The standard InChI is InChI=1S/C12H20N4O/c1-2-9-8-11(16-15-9)14-12(17)10-6-4-3-5-7-13-10/h8,10,13H,2-7H2,1H3,(H2,14,15,16,17). The Bertz CT molecular complexity index is 366. The first-order valence-electron chi connectivity index (χ1n) is 6.38. The van der Waals surface area contributed by atoms with E-state index in [1.54, 1.807) is 0 Å². The molecule has 5 heteroatoms. The highest BCUT2D eigenvalue weighted by molar-refractivity contribution is 5.94. The molecule has 3 N–H and O–H groups in total. The predicted molar refractivity (Wildman–Crippen MR) is 66.9 cm³/mol. The van der Waals surface area contributed by atoms with Crippen molar-refractivity contribution in [3.8, 4) is 0 Å². The second-order valence-electron chi connectivity index (χ2n) is 4.48. The summed E-state index contributed by atoms with van der Waals surface area (Å²) in [5.74, 6) is 0.652. The quantitative estimate of drug-likeness (QED) is 0.744. The maximum atomic E-state index is 12.0. The SMILES string of the molecule is CCc1cc(NC(=O)C2CCCCCN2)n[nH]1. The minimum absolute atomic E-state index is 0.0288. The van der Waals surface area contributed by atoms with Crippen LogP contribution < -0.4 is 10.6 Å². The fourth-order valence-electron chi connectivity index (χ4n) is 2.07. The highest BCUT2D eigenvalue weighted by atomic mass is 16.2. The Morgan fingerprint density at radius 3 is 3.18 bits per heavy atom. The van der Waals surface area contributed by atoms with E-state index in [1.165, 1.54) is 6.42 Å². The van der Waals surface area contributed by atoms with Gasteiger partial charge in [-0.05, 0) is 25.8 Å². The summed E-state index contributed by atoms with van der Waals surface area (Å²) < 4.78 is 0. The van der Waals surface area contributed by atoms with Crippen LogP contribution in [0.2, 0.25) is 0 Å². The van der Waals surface area contributed by atoms with E-state index < -0.39 is 0 Å².